The van der Waals surface area contributed by atoms with Crippen LogP contribution in [0.15, 0.2) is 0 Å². The predicted molar refractivity (Wildman–Crippen MR) is 59.1 cm³/mol. The number of carbonyl (C=O) groups excluding carboxylic acids is 1. The number of hydrogen-bond acceptors (Lipinski definition) is 3. The van der Waals surface area contributed by atoms with Gasteiger partial charge in [-0.05, 0) is 18.8 Å². The molecule has 0 radical (unpaired) electrons. The Morgan fingerprint density at radius 2 is 2.06 bits per heavy atom. The van der Waals surface area contributed by atoms with Crippen molar-refractivity contribution in [3.05, 3.63) is 0 Å². The van der Waals surface area contributed by atoms with Crippen molar-refractivity contribution in [2.45, 2.75) is 18.9 Å². The molecule has 1 aliphatic carbocycles. The van der Waals surface area contributed by atoms with Crippen LogP contribution < -0.4 is 0 Å². The number of aliphatic hydroxyl groups excluding tert-OH is 1. The molecule has 0 aromatic heterocycles. The summed E-state index contributed by atoms with van der Waals surface area (Å²) < 4.78 is 5.21. The van der Waals surface area contributed by atoms with Gasteiger partial charge < -0.3 is 19.6 Å². The fourth-order valence-corrected chi connectivity index (χ4v) is 2.31. The van der Waals surface area contributed by atoms with E-state index in [1.807, 2.05) is 11.9 Å². The zero-order valence-corrected chi connectivity index (χ0v) is 9.76. The maximum Gasteiger partial charge on any atom is 0.319 e. The highest BCUT2D eigenvalue weighted by Gasteiger charge is 2.30. The number of nitrogens with zero attached hydrogens (tertiary/aromatic N) is 2. The number of rotatable bonds is 2. The summed E-state index contributed by atoms with van der Waals surface area (Å²) in [5.74, 6) is 0.477. The first-order chi connectivity index (χ1) is 7.66. The molecule has 0 spiro atoms. The molecule has 2 aliphatic rings. The Bertz CT molecular complexity index is 248. The first kappa shape index (κ1) is 11.7. The summed E-state index contributed by atoms with van der Waals surface area (Å²) in [4.78, 5) is 15.6. The molecule has 1 saturated heterocycles. The summed E-state index contributed by atoms with van der Waals surface area (Å²) >= 11 is 0. The molecule has 5 heteroatoms. The normalized spacial score (nSPS) is 29.8. The van der Waals surface area contributed by atoms with Gasteiger partial charge in [-0.2, -0.15) is 0 Å². The first-order valence-corrected chi connectivity index (χ1v) is 5.92. The summed E-state index contributed by atoms with van der Waals surface area (Å²) in [7, 11) is 1.84. The van der Waals surface area contributed by atoms with Gasteiger partial charge in [0, 0.05) is 26.7 Å². The smallest absolute Gasteiger partial charge is 0.319 e. The van der Waals surface area contributed by atoms with Gasteiger partial charge in [-0.15, -0.1) is 0 Å². The van der Waals surface area contributed by atoms with Crippen molar-refractivity contribution in [1.82, 2.24) is 9.80 Å². The number of urea groups is 1. The van der Waals surface area contributed by atoms with Crippen LogP contribution >= 0.6 is 0 Å². The summed E-state index contributed by atoms with van der Waals surface area (Å²) in [6.45, 7) is 3.42. The highest BCUT2D eigenvalue weighted by molar-refractivity contribution is 5.74. The summed E-state index contributed by atoms with van der Waals surface area (Å²) in [5, 5.41) is 9.19. The predicted octanol–water partition coefficient (Wildman–Crippen LogP) is 0.141. The molecule has 0 atom stereocenters. The Labute approximate surface area is 96.0 Å². The Balaban J connectivity index is 1.74. The third kappa shape index (κ3) is 2.65. The average molecular weight is 228 g/mol. The Morgan fingerprint density at radius 1 is 1.44 bits per heavy atom. The van der Waals surface area contributed by atoms with E-state index in [1.165, 1.54) is 0 Å². The van der Waals surface area contributed by atoms with Crippen LogP contribution in [0.5, 0.6) is 0 Å². The number of ether oxygens (including phenoxy) is 1. The third-order valence-electron chi connectivity index (χ3n) is 3.35. The van der Waals surface area contributed by atoms with Gasteiger partial charge in [0.25, 0.3) is 0 Å². The quantitative estimate of drug-likeness (QED) is 0.731. The molecule has 1 heterocycles. The molecule has 2 rings (SSSR count). The van der Waals surface area contributed by atoms with E-state index in [0.717, 1.165) is 19.4 Å². The zero-order chi connectivity index (χ0) is 11.5. The second-order valence-corrected chi connectivity index (χ2v) is 4.75. The number of hydrogen-bond donors (Lipinski definition) is 1. The minimum atomic E-state index is -0.142. The van der Waals surface area contributed by atoms with Gasteiger partial charge >= 0.3 is 6.03 Å². The van der Waals surface area contributed by atoms with Crippen molar-refractivity contribution < 1.29 is 14.6 Å². The van der Waals surface area contributed by atoms with Crippen LogP contribution in [0.25, 0.3) is 0 Å². The van der Waals surface area contributed by atoms with E-state index in [2.05, 4.69) is 0 Å². The first-order valence-electron chi connectivity index (χ1n) is 5.92. The van der Waals surface area contributed by atoms with E-state index < -0.39 is 0 Å². The van der Waals surface area contributed by atoms with E-state index in [0.29, 0.717) is 32.2 Å². The monoisotopic (exact) mass is 228 g/mol. The summed E-state index contributed by atoms with van der Waals surface area (Å²) in [5.41, 5.74) is 0. The third-order valence-corrected chi connectivity index (χ3v) is 3.35. The van der Waals surface area contributed by atoms with Crippen LogP contribution in [0.2, 0.25) is 0 Å². The lowest BCUT2D eigenvalue weighted by Crippen LogP contribution is -2.49. The van der Waals surface area contributed by atoms with E-state index in [1.54, 1.807) is 4.90 Å². The standard InChI is InChI=1S/C11H20N2O3/c1-12(8-9-6-10(14)7-9)11(15)13-2-4-16-5-3-13/h9-10,14H,2-8H2,1H3. The van der Waals surface area contributed by atoms with Crippen molar-refractivity contribution in [2.24, 2.45) is 5.92 Å². The second-order valence-electron chi connectivity index (χ2n) is 4.75. The number of carbonyl (C=O) groups is 1. The van der Waals surface area contributed by atoms with Crippen molar-refractivity contribution in [3.8, 4) is 0 Å². The maximum atomic E-state index is 12.0. The minimum Gasteiger partial charge on any atom is -0.393 e. The average Bonchev–Trinajstić information content (AvgIpc) is 2.27. The van der Waals surface area contributed by atoms with Crippen LogP contribution in [0.1, 0.15) is 12.8 Å². The largest absolute Gasteiger partial charge is 0.393 e. The maximum absolute atomic E-state index is 12.0. The van der Waals surface area contributed by atoms with Gasteiger partial charge in [-0.25, -0.2) is 4.79 Å². The van der Waals surface area contributed by atoms with Gasteiger partial charge in [-0.3, -0.25) is 0 Å². The van der Waals surface area contributed by atoms with Gasteiger partial charge in [0.05, 0.1) is 19.3 Å². The second kappa shape index (κ2) is 5.01. The molecule has 0 bridgehead atoms. The van der Waals surface area contributed by atoms with Crippen molar-refractivity contribution >= 4 is 6.03 Å². The van der Waals surface area contributed by atoms with E-state index in [9.17, 15) is 9.90 Å². The number of aliphatic hydroxyl groups is 1. The van der Waals surface area contributed by atoms with Gasteiger partial charge in [0.2, 0.25) is 0 Å². The molecule has 1 saturated carbocycles. The highest BCUT2D eigenvalue weighted by Crippen LogP contribution is 2.27. The van der Waals surface area contributed by atoms with Crippen LogP contribution in [0, 0.1) is 5.92 Å². The van der Waals surface area contributed by atoms with E-state index in [4.69, 9.17) is 4.74 Å². The van der Waals surface area contributed by atoms with Crippen molar-refractivity contribution in [2.75, 3.05) is 39.9 Å². The lowest BCUT2D eigenvalue weighted by molar-refractivity contribution is 0.0216. The Hall–Kier alpha value is -0.810. The zero-order valence-electron chi connectivity index (χ0n) is 9.76. The van der Waals surface area contributed by atoms with Crippen LogP contribution in [0.4, 0.5) is 4.79 Å². The Kier molecular flexibility index (Phi) is 3.66. The van der Waals surface area contributed by atoms with Crippen LogP contribution in [-0.2, 0) is 4.74 Å². The summed E-state index contributed by atoms with van der Waals surface area (Å²) in [6, 6.07) is 0.0877. The number of morpholine rings is 1. The lowest BCUT2D eigenvalue weighted by atomic mass is 9.82. The number of amides is 2. The van der Waals surface area contributed by atoms with E-state index >= 15 is 0 Å². The topological polar surface area (TPSA) is 53.0 Å². The molecule has 2 amide bonds. The molecule has 92 valence electrons. The van der Waals surface area contributed by atoms with E-state index in [-0.39, 0.29) is 12.1 Å². The molecular weight excluding hydrogens is 208 g/mol. The van der Waals surface area contributed by atoms with Crippen molar-refractivity contribution in [1.29, 1.82) is 0 Å². The van der Waals surface area contributed by atoms with Gasteiger partial charge in [0.15, 0.2) is 0 Å². The molecule has 0 aromatic carbocycles. The summed E-state index contributed by atoms with van der Waals surface area (Å²) in [6.07, 6.45) is 1.53. The molecule has 1 N–H and O–H groups in total. The molecule has 1 aliphatic heterocycles. The fourth-order valence-electron chi connectivity index (χ4n) is 2.31. The SMILES string of the molecule is CN(CC1CC(O)C1)C(=O)N1CCOCC1. The Morgan fingerprint density at radius 3 is 2.62 bits per heavy atom. The van der Waals surface area contributed by atoms with Crippen LogP contribution in [0.3, 0.4) is 0 Å². The van der Waals surface area contributed by atoms with Crippen molar-refractivity contribution in [3.63, 3.8) is 0 Å². The van der Waals surface area contributed by atoms with Gasteiger partial charge in [0.1, 0.15) is 0 Å². The molecule has 0 unspecified atom stereocenters. The molecule has 16 heavy (non-hydrogen) atoms. The minimum absolute atomic E-state index is 0.0877. The van der Waals surface area contributed by atoms with Crippen LogP contribution in [-0.4, -0.2) is 66.9 Å². The molecule has 0 aromatic rings. The molecule has 2 fully saturated rings. The fraction of sp³-hybridized carbons (Fsp3) is 0.909. The molecule has 5 nitrogen and oxygen atoms in total. The van der Waals surface area contributed by atoms with Gasteiger partial charge in [-0.1, -0.05) is 0 Å². The highest BCUT2D eigenvalue weighted by atomic mass is 16.5. The molecular formula is C11H20N2O3. The lowest BCUT2D eigenvalue weighted by Gasteiger charge is -2.37.